The van der Waals surface area contributed by atoms with Crippen molar-refractivity contribution in [1.82, 2.24) is 0 Å². The minimum Gasteiger partial charge on any atom is -0.229 e. The number of hydrogen-bond donors (Lipinski definition) is 0. The van der Waals surface area contributed by atoms with Gasteiger partial charge in [0, 0.05) is 8.86 Å². The number of halogens is 2. The van der Waals surface area contributed by atoms with Gasteiger partial charge in [-0.15, -0.1) is 0 Å². The highest BCUT2D eigenvalue weighted by molar-refractivity contribution is 14.1. The van der Waals surface area contributed by atoms with Crippen LogP contribution in [0, 0.1) is 0 Å². The molecule has 12 heavy (non-hydrogen) atoms. The topological polar surface area (TPSA) is 36.9 Å². The van der Waals surface area contributed by atoms with Crippen LogP contribution in [0.5, 0.6) is 0 Å². The quantitative estimate of drug-likeness (QED) is 0.408. The Labute approximate surface area is 97.4 Å². The summed E-state index contributed by atoms with van der Waals surface area (Å²) in [6, 6.07) is 0. The van der Waals surface area contributed by atoms with Crippen molar-refractivity contribution in [3.05, 3.63) is 0 Å². The monoisotopic (exact) mass is 398 g/mol. The molecule has 0 N–H and O–H groups in total. The molecule has 0 aliphatic carbocycles. The van der Waals surface area contributed by atoms with Crippen LogP contribution in [0.15, 0.2) is 0 Å². The minimum atomic E-state index is 0.0652. The zero-order valence-corrected chi connectivity index (χ0v) is 10.4. The van der Waals surface area contributed by atoms with Gasteiger partial charge < -0.3 is 0 Å². The second kappa shape index (κ2) is 4.22. The summed E-state index contributed by atoms with van der Waals surface area (Å²) >= 11 is 4.54. The Balaban J connectivity index is 1.84. The fourth-order valence-corrected chi connectivity index (χ4v) is 2.45. The van der Waals surface area contributed by atoms with E-state index in [-0.39, 0.29) is 24.4 Å². The Morgan fingerprint density at radius 1 is 0.750 bits per heavy atom. The summed E-state index contributed by atoms with van der Waals surface area (Å²) < 4.78 is 1.85. The zero-order valence-electron chi connectivity index (χ0n) is 6.11. The number of alkyl halides is 2. The van der Waals surface area contributed by atoms with E-state index in [1.807, 2.05) is 0 Å². The lowest BCUT2D eigenvalue weighted by molar-refractivity contribution is -0.545. The molecule has 4 atom stereocenters. The van der Waals surface area contributed by atoms with Gasteiger partial charge in [-0.25, -0.2) is 19.6 Å². The Morgan fingerprint density at radius 2 is 1.17 bits per heavy atom. The van der Waals surface area contributed by atoms with Crippen LogP contribution in [0.2, 0.25) is 0 Å². The van der Waals surface area contributed by atoms with Crippen molar-refractivity contribution in [2.45, 2.75) is 24.4 Å². The molecule has 0 amide bonds. The van der Waals surface area contributed by atoms with Gasteiger partial charge in [-0.05, 0) is 0 Å². The van der Waals surface area contributed by atoms with Crippen molar-refractivity contribution in [3.8, 4) is 0 Å². The van der Waals surface area contributed by atoms with Crippen molar-refractivity contribution >= 4 is 45.2 Å². The van der Waals surface area contributed by atoms with Crippen LogP contribution >= 0.6 is 45.2 Å². The summed E-state index contributed by atoms with van der Waals surface area (Å²) in [5, 5.41) is 0. The summed E-state index contributed by atoms with van der Waals surface area (Å²) in [6.45, 7) is 0. The first-order valence-electron chi connectivity index (χ1n) is 3.63. The fourth-order valence-electron chi connectivity index (χ4n) is 1.16. The van der Waals surface area contributed by atoms with Crippen molar-refractivity contribution in [1.29, 1.82) is 0 Å². The highest BCUT2D eigenvalue weighted by Crippen LogP contribution is 2.32. The number of hydrogen-bond acceptors (Lipinski definition) is 4. The van der Waals surface area contributed by atoms with E-state index >= 15 is 0 Å². The molecule has 6 heteroatoms. The molecule has 2 heterocycles. The molecule has 0 radical (unpaired) electrons. The first-order valence-corrected chi connectivity index (χ1v) is 6.68. The summed E-state index contributed by atoms with van der Waals surface area (Å²) in [4.78, 5) is 19.7. The number of rotatable bonds is 3. The van der Waals surface area contributed by atoms with E-state index in [2.05, 4.69) is 45.2 Å². The molecule has 70 valence electrons. The Hall–Kier alpha value is 1.30. The van der Waals surface area contributed by atoms with Crippen molar-refractivity contribution < 1.29 is 19.6 Å². The maximum absolute atomic E-state index is 4.96. The lowest BCUT2D eigenvalue weighted by Gasteiger charge is -2.44. The third-order valence-corrected chi connectivity index (χ3v) is 3.68. The predicted molar refractivity (Wildman–Crippen MR) is 57.3 cm³/mol. The zero-order chi connectivity index (χ0) is 8.55. The second-order valence-corrected chi connectivity index (χ2v) is 4.46. The first-order chi connectivity index (χ1) is 5.86. The maximum Gasteiger partial charge on any atom is 0.155 e. The van der Waals surface area contributed by atoms with E-state index in [9.17, 15) is 0 Å². The molecule has 0 aromatic rings. The molecule has 2 saturated heterocycles. The van der Waals surface area contributed by atoms with Crippen LogP contribution in [0.4, 0.5) is 0 Å². The van der Waals surface area contributed by atoms with Crippen LogP contribution in [-0.4, -0.2) is 33.3 Å². The lowest BCUT2D eigenvalue weighted by atomic mass is 10.0. The molecule has 2 rings (SSSR count). The lowest BCUT2D eigenvalue weighted by Crippen LogP contribution is -2.61. The van der Waals surface area contributed by atoms with Gasteiger partial charge in [-0.2, -0.15) is 0 Å². The Morgan fingerprint density at radius 3 is 1.33 bits per heavy atom. The first kappa shape index (κ1) is 9.84. The molecular formula is C6H8I2O4. The SMILES string of the molecule is IC[C@@H]1OO[C@@H]1[C@H]1OO[C@H]1CI. The molecule has 0 aromatic heterocycles. The molecule has 0 unspecified atom stereocenters. The smallest absolute Gasteiger partial charge is 0.155 e. The predicted octanol–water partition coefficient (Wildman–Crippen LogP) is 1.25. The van der Waals surface area contributed by atoms with Gasteiger partial charge in [-0.3, -0.25) is 0 Å². The van der Waals surface area contributed by atoms with Crippen molar-refractivity contribution in [3.63, 3.8) is 0 Å². The summed E-state index contributed by atoms with van der Waals surface area (Å²) in [6.07, 6.45) is 0.473. The third-order valence-electron chi connectivity index (χ3n) is 1.94. The van der Waals surface area contributed by atoms with E-state index in [1.54, 1.807) is 0 Å². The molecule has 2 aliphatic heterocycles. The van der Waals surface area contributed by atoms with Gasteiger partial charge in [0.2, 0.25) is 0 Å². The van der Waals surface area contributed by atoms with Gasteiger partial charge in [0.15, 0.2) is 12.2 Å². The standard InChI is InChI=1S/C6H8I2O4/c7-1-3-5(11-9-3)6-4(2-8)10-12-6/h3-6H,1-2H2/t3-,4-,5-,6-/m0/s1. The van der Waals surface area contributed by atoms with Crippen LogP contribution in [0.1, 0.15) is 0 Å². The van der Waals surface area contributed by atoms with Crippen molar-refractivity contribution in [2.75, 3.05) is 8.86 Å². The Bertz CT molecular complexity index is 146. The molecule has 4 nitrogen and oxygen atoms in total. The molecular weight excluding hydrogens is 390 g/mol. The van der Waals surface area contributed by atoms with E-state index in [1.165, 1.54) is 0 Å². The van der Waals surface area contributed by atoms with Gasteiger partial charge in [-0.1, -0.05) is 45.2 Å². The Kier molecular flexibility index (Phi) is 3.46. The van der Waals surface area contributed by atoms with Crippen LogP contribution in [-0.2, 0) is 19.6 Å². The van der Waals surface area contributed by atoms with Crippen LogP contribution in [0.25, 0.3) is 0 Å². The molecule has 0 bridgehead atoms. The highest BCUT2D eigenvalue weighted by atomic mass is 127. The van der Waals surface area contributed by atoms with E-state index in [0.29, 0.717) is 0 Å². The third kappa shape index (κ3) is 1.61. The fraction of sp³-hybridized carbons (Fsp3) is 1.00. The van der Waals surface area contributed by atoms with Gasteiger partial charge in [0.25, 0.3) is 0 Å². The second-order valence-electron chi connectivity index (χ2n) is 2.70. The maximum atomic E-state index is 4.96. The normalized spacial score (nSPS) is 46.5. The van der Waals surface area contributed by atoms with Crippen molar-refractivity contribution in [2.24, 2.45) is 0 Å². The van der Waals surface area contributed by atoms with Crippen LogP contribution < -0.4 is 0 Å². The molecule has 2 fully saturated rings. The van der Waals surface area contributed by atoms with Gasteiger partial charge in [0.05, 0.1) is 0 Å². The van der Waals surface area contributed by atoms with Gasteiger partial charge in [0.1, 0.15) is 12.2 Å². The average Bonchev–Trinajstić information content (AvgIpc) is 1.97. The summed E-state index contributed by atoms with van der Waals surface area (Å²) in [5.41, 5.74) is 0. The van der Waals surface area contributed by atoms with Crippen LogP contribution in [0.3, 0.4) is 0 Å². The van der Waals surface area contributed by atoms with Gasteiger partial charge >= 0.3 is 0 Å². The largest absolute Gasteiger partial charge is 0.229 e. The van der Waals surface area contributed by atoms with E-state index < -0.39 is 0 Å². The molecule has 0 spiro atoms. The molecule has 0 aromatic carbocycles. The highest BCUT2D eigenvalue weighted by Gasteiger charge is 2.50. The molecule has 2 aliphatic rings. The average molecular weight is 398 g/mol. The minimum absolute atomic E-state index is 0.0652. The molecule has 0 saturated carbocycles. The summed E-state index contributed by atoms with van der Waals surface area (Å²) in [5.74, 6) is 0. The van der Waals surface area contributed by atoms with E-state index in [0.717, 1.165) is 8.86 Å². The summed E-state index contributed by atoms with van der Waals surface area (Å²) in [7, 11) is 0. The van der Waals surface area contributed by atoms with E-state index in [4.69, 9.17) is 19.6 Å².